The molecule has 1 saturated carbocycles. The van der Waals surface area contributed by atoms with Gasteiger partial charge in [0.1, 0.15) is 11.5 Å². The van der Waals surface area contributed by atoms with Crippen LogP contribution in [0, 0.1) is 0 Å². The molecule has 130 valence electrons. The van der Waals surface area contributed by atoms with Crippen LogP contribution in [0.4, 0.5) is 0 Å². The molecule has 7 nitrogen and oxygen atoms in total. The zero-order valence-corrected chi connectivity index (χ0v) is 14.1. The van der Waals surface area contributed by atoms with Crippen LogP contribution in [0.25, 0.3) is 0 Å². The number of ether oxygens (including phenoxy) is 2. The standard InChI is InChI=1S/C17H23N3O4/c1-23-13-9-12(10-14(11-13)24-2)15(21)19-5-7-20(8-6-19)16(22)17(18)3-4-17/h9-11H,3-8,18H2,1-2H3. The summed E-state index contributed by atoms with van der Waals surface area (Å²) in [5, 5.41) is 0. The lowest BCUT2D eigenvalue weighted by Crippen LogP contribution is -2.55. The smallest absolute Gasteiger partial charge is 0.254 e. The third-order valence-electron chi connectivity index (χ3n) is 4.67. The van der Waals surface area contributed by atoms with E-state index in [-0.39, 0.29) is 11.8 Å². The molecule has 2 aliphatic rings. The molecule has 0 spiro atoms. The molecule has 0 aromatic heterocycles. The molecule has 3 rings (SSSR count). The number of benzene rings is 1. The number of carbonyl (C=O) groups is 2. The van der Waals surface area contributed by atoms with Crippen molar-refractivity contribution in [3.8, 4) is 11.5 Å². The minimum atomic E-state index is -0.646. The Morgan fingerprint density at radius 1 is 0.958 bits per heavy atom. The van der Waals surface area contributed by atoms with Crippen molar-refractivity contribution in [1.82, 2.24) is 9.80 Å². The molecule has 2 fully saturated rings. The van der Waals surface area contributed by atoms with Crippen LogP contribution in [0.1, 0.15) is 23.2 Å². The van der Waals surface area contributed by atoms with Crippen molar-refractivity contribution < 1.29 is 19.1 Å². The van der Waals surface area contributed by atoms with Gasteiger partial charge in [-0.25, -0.2) is 0 Å². The molecule has 24 heavy (non-hydrogen) atoms. The summed E-state index contributed by atoms with van der Waals surface area (Å²) in [4.78, 5) is 28.5. The summed E-state index contributed by atoms with van der Waals surface area (Å²) in [5.41, 5.74) is 5.84. The predicted octanol–water partition coefficient (Wildman–Crippen LogP) is 0.480. The van der Waals surface area contributed by atoms with Crippen LogP contribution < -0.4 is 15.2 Å². The van der Waals surface area contributed by atoms with Gasteiger partial charge in [0.05, 0.1) is 19.8 Å². The summed E-state index contributed by atoms with van der Waals surface area (Å²) in [6.45, 7) is 2.04. The zero-order valence-electron chi connectivity index (χ0n) is 14.1. The van der Waals surface area contributed by atoms with E-state index in [1.807, 2.05) is 0 Å². The largest absolute Gasteiger partial charge is 0.497 e. The second-order valence-corrected chi connectivity index (χ2v) is 6.34. The number of rotatable bonds is 4. The van der Waals surface area contributed by atoms with Crippen LogP contribution in [-0.2, 0) is 4.79 Å². The van der Waals surface area contributed by atoms with E-state index in [4.69, 9.17) is 15.2 Å². The summed E-state index contributed by atoms with van der Waals surface area (Å²) in [6.07, 6.45) is 1.52. The molecule has 2 N–H and O–H groups in total. The van der Waals surface area contributed by atoms with Crippen molar-refractivity contribution >= 4 is 11.8 Å². The summed E-state index contributed by atoms with van der Waals surface area (Å²) < 4.78 is 10.4. The highest BCUT2D eigenvalue weighted by Crippen LogP contribution is 2.34. The number of nitrogens with zero attached hydrogens (tertiary/aromatic N) is 2. The van der Waals surface area contributed by atoms with Gasteiger partial charge in [-0.1, -0.05) is 0 Å². The lowest BCUT2D eigenvalue weighted by Gasteiger charge is -2.36. The highest BCUT2D eigenvalue weighted by atomic mass is 16.5. The Hall–Kier alpha value is -2.28. The number of methoxy groups -OCH3 is 2. The summed E-state index contributed by atoms with van der Waals surface area (Å²) in [5.74, 6) is 1.07. The summed E-state index contributed by atoms with van der Waals surface area (Å²) in [6, 6.07) is 5.12. The SMILES string of the molecule is COc1cc(OC)cc(C(=O)N2CCN(C(=O)C3(N)CC3)CC2)c1. The van der Waals surface area contributed by atoms with Crippen LogP contribution in [0.3, 0.4) is 0 Å². The molecule has 0 unspecified atom stereocenters. The van der Waals surface area contributed by atoms with E-state index in [1.165, 1.54) is 0 Å². The molecular formula is C17H23N3O4. The van der Waals surface area contributed by atoms with E-state index in [9.17, 15) is 9.59 Å². The number of amides is 2. The lowest BCUT2D eigenvalue weighted by molar-refractivity contribution is -0.135. The van der Waals surface area contributed by atoms with Crippen LogP contribution in [0.5, 0.6) is 11.5 Å². The van der Waals surface area contributed by atoms with E-state index in [0.717, 1.165) is 12.8 Å². The summed E-state index contributed by atoms with van der Waals surface area (Å²) in [7, 11) is 3.10. The highest BCUT2D eigenvalue weighted by Gasteiger charge is 2.48. The minimum Gasteiger partial charge on any atom is -0.497 e. The molecule has 1 aliphatic heterocycles. The first-order valence-electron chi connectivity index (χ1n) is 8.07. The third-order valence-corrected chi connectivity index (χ3v) is 4.67. The van der Waals surface area contributed by atoms with Crippen LogP contribution in [0.15, 0.2) is 18.2 Å². The van der Waals surface area contributed by atoms with Gasteiger partial charge in [0.15, 0.2) is 0 Å². The molecule has 1 heterocycles. The third kappa shape index (κ3) is 3.17. The maximum absolute atomic E-state index is 12.7. The highest BCUT2D eigenvalue weighted by molar-refractivity contribution is 5.95. The Labute approximate surface area is 141 Å². The molecule has 1 aliphatic carbocycles. The van der Waals surface area contributed by atoms with Crippen LogP contribution in [0.2, 0.25) is 0 Å². The van der Waals surface area contributed by atoms with Gasteiger partial charge >= 0.3 is 0 Å². The lowest BCUT2D eigenvalue weighted by atomic mass is 10.1. The van der Waals surface area contributed by atoms with Crippen molar-refractivity contribution in [3.05, 3.63) is 23.8 Å². The number of hydrogen-bond acceptors (Lipinski definition) is 5. The first-order chi connectivity index (χ1) is 11.5. The Balaban J connectivity index is 1.66. The fraction of sp³-hybridized carbons (Fsp3) is 0.529. The zero-order chi connectivity index (χ0) is 17.3. The van der Waals surface area contributed by atoms with Crippen molar-refractivity contribution in [2.24, 2.45) is 5.73 Å². The van der Waals surface area contributed by atoms with Crippen molar-refractivity contribution in [3.63, 3.8) is 0 Å². The number of hydrogen-bond donors (Lipinski definition) is 1. The van der Waals surface area contributed by atoms with Gasteiger partial charge in [0.25, 0.3) is 5.91 Å². The van der Waals surface area contributed by atoms with Gasteiger partial charge in [-0.05, 0) is 25.0 Å². The fourth-order valence-corrected chi connectivity index (χ4v) is 2.89. The molecule has 0 radical (unpaired) electrons. The average Bonchev–Trinajstić information content (AvgIpc) is 3.38. The van der Waals surface area contributed by atoms with Gasteiger partial charge in [-0.15, -0.1) is 0 Å². The summed E-state index contributed by atoms with van der Waals surface area (Å²) >= 11 is 0. The molecule has 7 heteroatoms. The van der Waals surface area contributed by atoms with Gasteiger partial charge < -0.3 is 25.0 Å². The van der Waals surface area contributed by atoms with Crippen LogP contribution >= 0.6 is 0 Å². The van der Waals surface area contributed by atoms with Gasteiger partial charge in [0, 0.05) is 37.8 Å². The number of piperazine rings is 1. The molecule has 1 aromatic rings. The topological polar surface area (TPSA) is 85.1 Å². The average molecular weight is 333 g/mol. The molecule has 2 amide bonds. The molecule has 1 aromatic carbocycles. The monoisotopic (exact) mass is 333 g/mol. The van der Waals surface area contributed by atoms with E-state index in [0.29, 0.717) is 43.2 Å². The first kappa shape index (κ1) is 16.6. The molecule has 1 saturated heterocycles. The Morgan fingerprint density at radius 3 is 1.92 bits per heavy atom. The van der Waals surface area contributed by atoms with E-state index < -0.39 is 5.54 Å². The second-order valence-electron chi connectivity index (χ2n) is 6.34. The van der Waals surface area contributed by atoms with Gasteiger partial charge in [0.2, 0.25) is 5.91 Å². The Kier molecular flexibility index (Phi) is 4.36. The maximum atomic E-state index is 12.7. The minimum absolute atomic E-state index is 0.0117. The molecular weight excluding hydrogens is 310 g/mol. The van der Waals surface area contributed by atoms with E-state index >= 15 is 0 Å². The first-order valence-corrected chi connectivity index (χ1v) is 8.07. The van der Waals surface area contributed by atoms with E-state index in [1.54, 1.807) is 42.2 Å². The second kappa shape index (κ2) is 6.32. The number of nitrogens with two attached hydrogens (primary N) is 1. The van der Waals surface area contributed by atoms with E-state index in [2.05, 4.69) is 0 Å². The predicted molar refractivity (Wildman–Crippen MR) is 88.2 cm³/mol. The van der Waals surface area contributed by atoms with Crippen LogP contribution in [-0.4, -0.2) is 67.6 Å². The number of carbonyl (C=O) groups excluding carboxylic acids is 2. The van der Waals surface area contributed by atoms with Crippen molar-refractivity contribution in [2.75, 3.05) is 40.4 Å². The Bertz CT molecular complexity index is 627. The maximum Gasteiger partial charge on any atom is 0.254 e. The van der Waals surface area contributed by atoms with Crippen molar-refractivity contribution in [2.45, 2.75) is 18.4 Å². The van der Waals surface area contributed by atoms with Gasteiger partial charge in [-0.2, -0.15) is 0 Å². The van der Waals surface area contributed by atoms with Gasteiger partial charge in [-0.3, -0.25) is 9.59 Å². The normalized spacial score (nSPS) is 19.0. The Morgan fingerprint density at radius 2 is 1.46 bits per heavy atom. The molecule has 0 bridgehead atoms. The quantitative estimate of drug-likeness (QED) is 0.866. The molecule has 0 atom stereocenters. The van der Waals surface area contributed by atoms with Crippen molar-refractivity contribution in [1.29, 1.82) is 0 Å². The fourth-order valence-electron chi connectivity index (χ4n) is 2.89.